The number of pyridine rings is 1. The van der Waals surface area contributed by atoms with Gasteiger partial charge in [-0.15, -0.1) is 0 Å². The summed E-state index contributed by atoms with van der Waals surface area (Å²) in [6, 6.07) is 20.5. The molecule has 2 atom stereocenters. The summed E-state index contributed by atoms with van der Waals surface area (Å²) in [5.74, 6) is 1.82. The van der Waals surface area contributed by atoms with Gasteiger partial charge in [-0.25, -0.2) is 0 Å². The molecule has 7 nitrogen and oxygen atoms in total. The molecule has 0 unspecified atom stereocenters. The van der Waals surface area contributed by atoms with Crippen LogP contribution in [0.25, 0.3) is 11.3 Å². The number of aryl methyl sites for hydroxylation is 1. The predicted molar refractivity (Wildman–Crippen MR) is 163 cm³/mol. The Morgan fingerprint density at radius 1 is 1.12 bits per heavy atom. The second-order valence-corrected chi connectivity index (χ2v) is 11.5. The van der Waals surface area contributed by atoms with Gasteiger partial charge in [0.05, 0.1) is 24.5 Å². The molecule has 3 heterocycles. The van der Waals surface area contributed by atoms with Crippen LogP contribution in [0.4, 0.5) is 11.4 Å². The molecule has 0 spiro atoms. The smallest absolute Gasteiger partial charge is 0.229 e. The molecule has 40 heavy (non-hydrogen) atoms. The summed E-state index contributed by atoms with van der Waals surface area (Å²) in [4.78, 5) is 19.3. The lowest BCUT2D eigenvalue weighted by molar-refractivity contribution is -0.123. The van der Waals surface area contributed by atoms with E-state index in [1.807, 2.05) is 99.3 Å². The SMILES string of the molecule is COc1cc(N2C(=S)N[C@H](c3ccccn3)[C@@H]2c2ccc(-c3ccc(C)c(Cl)c3)o2)ccc1NC(=O)C(C)(C)C. The molecule has 9 heteroatoms. The van der Waals surface area contributed by atoms with Crippen LogP contribution < -0.4 is 20.3 Å². The van der Waals surface area contributed by atoms with Crippen molar-refractivity contribution in [2.45, 2.75) is 39.8 Å². The number of carbonyl (C=O) groups is 1. The Balaban J connectivity index is 1.56. The standard InChI is InChI=1S/C31H31ClN4O3S/c1-18-9-10-19(16-21(18)32)24-13-14-25(39-24)28-27(23-8-6-7-15-33-23)35-30(40)36(28)20-11-12-22(26(17-20)38-5)34-29(37)31(2,3)4/h6-17,27-28H,1-5H3,(H,34,37)(H,35,40)/t27-,28+/m1/s1. The van der Waals surface area contributed by atoms with Crippen molar-refractivity contribution in [3.8, 4) is 17.1 Å². The molecule has 0 aliphatic carbocycles. The molecule has 2 N–H and O–H groups in total. The van der Waals surface area contributed by atoms with E-state index in [1.165, 1.54) is 0 Å². The van der Waals surface area contributed by atoms with Gasteiger partial charge in [-0.3, -0.25) is 9.78 Å². The van der Waals surface area contributed by atoms with Gasteiger partial charge < -0.3 is 24.7 Å². The maximum atomic E-state index is 12.7. The van der Waals surface area contributed by atoms with Crippen LogP contribution in [0.5, 0.6) is 5.75 Å². The second-order valence-electron chi connectivity index (χ2n) is 10.8. The topological polar surface area (TPSA) is 79.6 Å². The second kappa shape index (κ2) is 10.9. The Hall–Kier alpha value is -3.88. The average molecular weight is 575 g/mol. The minimum absolute atomic E-state index is 0.107. The molecule has 2 aromatic carbocycles. The van der Waals surface area contributed by atoms with E-state index in [2.05, 4.69) is 15.6 Å². The summed E-state index contributed by atoms with van der Waals surface area (Å²) in [7, 11) is 1.58. The third kappa shape index (κ3) is 5.42. The lowest BCUT2D eigenvalue weighted by Crippen LogP contribution is -2.30. The number of nitrogens with one attached hydrogen (secondary N) is 2. The van der Waals surface area contributed by atoms with Crippen molar-refractivity contribution in [2.75, 3.05) is 17.3 Å². The average Bonchev–Trinajstić information content (AvgIpc) is 3.55. The zero-order valence-corrected chi connectivity index (χ0v) is 24.6. The van der Waals surface area contributed by atoms with E-state index >= 15 is 0 Å². The van der Waals surface area contributed by atoms with Gasteiger partial charge >= 0.3 is 0 Å². The van der Waals surface area contributed by atoms with Crippen LogP contribution >= 0.6 is 23.8 Å². The fourth-order valence-electron chi connectivity index (χ4n) is 4.58. The van der Waals surface area contributed by atoms with E-state index < -0.39 is 5.41 Å². The number of thiocarbonyl (C=S) groups is 1. The Morgan fingerprint density at radius 3 is 2.60 bits per heavy atom. The predicted octanol–water partition coefficient (Wildman–Crippen LogP) is 7.47. The fourth-order valence-corrected chi connectivity index (χ4v) is 5.10. The van der Waals surface area contributed by atoms with Crippen LogP contribution in [0.1, 0.15) is 49.9 Å². The summed E-state index contributed by atoms with van der Waals surface area (Å²) in [6.45, 7) is 7.56. The molecule has 4 aromatic rings. The minimum Gasteiger partial charge on any atom is -0.494 e. The highest BCUT2D eigenvalue weighted by Crippen LogP contribution is 2.44. The number of rotatable bonds is 6. The first-order valence-corrected chi connectivity index (χ1v) is 13.7. The van der Waals surface area contributed by atoms with Gasteiger partial charge in [0.1, 0.15) is 23.3 Å². The van der Waals surface area contributed by atoms with Crippen molar-refractivity contribution in [1.29, 1.82) is 0 Å². The molecule has 0 radical (unpaired) electrons. The van der Waals surface area contributed by atoms with Gasteiger partial charge in [0, 0.05) is 34.0 Å². The number of benzene rings is 2. The summed E-state index contributed by atoms with van der Waals surface area (Å²) in [6.07, 6.45) is 1.76. The molecule has 1 aliphatic heterocycles. The number of furan rings is 1. The van der Waals surface area contributed by atoms with Crippen molar-refractivity contribution >= 4 is 46.2 Å². The number of ether oxygens (including phenoxy) is 1. The number of methoxy groups -OCH3 is 1. The van der Waals surface area contributed by atoms with E-state index in [9.17, 15) is 4.79 Å². The highest BCUT2D eigenvalue weighted by Gasteiger charge is 2.43. The number of anilines is 2. The van der Waals surface area contributed by atoms with Crippen LogP contribution in [0.3, 0.4) is 0 Å². The monoisotopic (exact) mass is 574 g/mol. The highest BCUT2D eigenvalue weighted by atomic mass is 35.5. The van der Waals surface area contributed by atoms with Gasteiger partial charge in [-0.2, -0.15) is 0 Å². The Bertz CT molecular complexity index is 1560. The summed E-state index contributed by atoms with van der Waals surface area (Å²) in [5, 5.41) is 7.61. The van der Waals surface area contributed by atoms with Crippen LogP contribution in [0.15, 0.2) is 77.3 Å². The molecule has 0 bridgehead atoms. The molecule has 2 aromatic heterocycles. The molecular weight excluding hydrogens is 544 g/mol. The van der Waals surface area contributed by atoms with Crippen LogP contribution in [0.2, 0.25) is 5.02 Å². The number of carbonyl (C=O) groups excluding carboxylic acids is 1. The van der Waals surface area contributed by atoms with Gasteiger partial charge in [-0.05, 0) is 67.2 Å². The normalized spacial score (nSPS) is 17.1. The Kier molecular flexibility index (Phi) is 7.57. The van der Waals surface area contributed by atoms with Gasteiger partial charge in [0.2, 0.25) is 5.91 Å². The quantitative estimate of drug-likeness (QED) is 0.231. The third-order valence-corrected chi connectivity index (χ3v) is 7.59. The maximum absolute atomic E-state index is 12.7. The molecule has 206 valence electrons. The summed E-state index contributed by atoms with van der Waals surface area (Å²) >= 11 is 12.3. The molecule has 1 aliphatic rings. The van der Waals surface area contributed by atoms with Gasteiger partial charge in [-0.1, -0.05) is 50.6 Å². The zero-order chi connectivity index (χ0) is 28.6. The Labute approximate surface area is 244 Å². The molecule has 0 saturated carbocycles. The first-order chi connectivity index (χ1) is 19.1. The van der Waals surface area contributed by atoms with Gasteiger partial charge in [0.15, 0.2) is 5.11 Å². The number of hydrogen-bond acceptors (Lipinski definition) is 5. The molecule has 1 saturated heterocycles. The van der Waals surface area contributed by atoms with Crippen molar-refractivity contribution < 1.29 is 13.9 Å². The third-order valence-electron chi connectivity index (χ3n) is 6.87. The molecule has 1 amide bonds. The lowest BCUT2D eigenvalue weighted by Gasteiger charge is -2.27. The largest absolute Gasteiger partial charge is 0.494 e. The highest BCUT2D eigenvalue weighted by molar-refractivity contribution is 7.80. The summed E-state index contributed by atoms with van der Waals surface area (Å²) in [5.41, 5.74) is 3.53. The first kappa shape index (κ1) is 27.7. The van der Waals surface area contributed by atoms with Crippen molar-refractivity contribution in [1.82, 2.24) is 10.3 Å². The summed E-state index contributed by atoms with van der Waals surface area (Å²) < 4.78 is 12.1. The van der Waals surface area contributed by atoms with E-state index in [0.29, 0.717) is 33.1 Å². The Morgan fingerprint density at radius 2 is 1.93 bits per heavy atom. The van der Waals surface area contributed by atoms with Gasteiger partial charge in [0.25, 0.3) is 0 Å². The number of halogens is 1. The van der Waals surface area contributed by atoms with E-state index in [-0.39, 0.29) is 18.0 Å². The van der Waals surface area contributed by atoms with Crippen molar-refractivity contribution in [3.05, 3.63) is 95.0 Å². The van der Waals surface area contributed by atoms with Crippen LogP contribution in [-0.4, -0.2) is 23.1 Å². The van der Waals surface area contributed by atoms with Crippen LogP contribution in [0, 0.1) is 12.3 Å². The minimum atomic E-state index is -0.552. The van der Waals surface area contributed by atoms with Crippen molar-refractivity contribution in [3.63, 3.8) is 0 Å². The zero-order valence-electron chi connectivity index (χ0n) is 23.0. The van der Waals surface area contributed by atoms with Crippen LogP contribution in [-0.2, 0) is 4.79 Å². The van der Waals surface area contributed by atoms with E-state index in [0.717, 1.165) is 22.5 Å². The molecular formula is C31H31ClN4O3S. The molecule has 5 rings (SSSR count). The fraction of sp³-hybridized carbons (Fsp3) is 0.258. The number of hydrogen-bond donors (Lipinski definition) is 2. The number of aromatic nitrogens is 1. The number of amides is 1. The maximum Gasteiger partial charge on any atom is 0.229 e. The van der Waals surface area contributed by atoms with E-state index in [4.69, 9.17) is 33.0 Å². The molecule has 1 fully saturated rings. The van der Waals surface area contributed by atoms with E-state index in [1.54, 1.807) is 13.3 Å². The lowest BCUT2D eigenvalue weighted by atomic mass is 9.95. The number of nitrogens with zero attached hydrogens (tertiary/aromatic N) is 2. The van der Waals surface area contributed by atoms with Crippen molar-refractivity contribution in [2.24, 2.45) is 5.41 Å². The first-order valence-electron chi connectivity index (χ1n) is 12.9.